The lowest BCUT2D eigenvalue weighted by atomic mass is 9.90. The summed E-state index contributed by atoms with van der Waals surface area (Å²) in [5, 5.41) is 3.23. The first-order chi connectivity index (χ1) is 12.2. The summed E-state index contributed by atoms with van der Waals surface area (Å²) >= 11 is 0. The summed E-state index contributed by atoms with van der Waals surface area (Å²) in [5.41, 5.74) is 10.8. The molecule has 26 heavy (non-hydrogen) atoms. The molecule has 0 heterocycles. The third kappa shape index (κ3) is 5.09. The zero-order valence-electron chi connectivity index (χ0n) is 14.9. The number of ether oxygens (including phenoxy) is 1. The van der Waals surface area contributed by atoms with E-state index in [1.165, 1.54) is 37.1 Å². The van der Waals surface area contributed by atoms with Crippen molar-refractivity contribution in [2.24, 2.45) is 10.7 Å². The molecule has 2 aromatic carbocycles. The number of anilines is 1. The van der Waals surface area contributed by atoms with E-state index in [4.69, 9.17) is 10.5 Å². The number of fused-ring (bicyclic) bond motifs is 1. The first-order valence-electron chi connectivity index (χ1n) is 8.67. The normalized spacial score (nSPS) is 13.5. The first kappa shape index (κ1) is 20.5. The molecule has 0 saturated heterocycles. The molecule has 2 aromatic rings. The Balaban J connectivity index is 0.00000243. The average molecular weight is 469 g/mol. The van der Waals surface area contributed by atoms with Crippen LogP contribution in [0.2, 0.25) is 0 Å². The third-order valence-electron chi connectivity index (χ3n) is 4.56. The minimum Gasteiger partial charge on any atom is -0.494 e. The number of aryl methyl sites for hydroxylation is 1. The van der Waals surface area contributed by atoms with Gasteiger partial charge in [0.25, 0.3) is 0 Å². The van der Waals surface area contributed by atoms with E-state index in [1.54, 1.807) is 12.1 Å². The highest BCUT2D eigenvalue weighted by Gasteiger charge is 2.13. The molecular formula is C20H25FIN3O. The summed E-state index contributed by atoms with van der Waals surface area (Å²) in [6.07, 6.45) is 5.36. The zero-order valence-corrected chi connectivity index (χ0v) is 17.3. The van der Waals surface area contributed by atoms with Crippen molar-refractivity contribution in [1.29, 1.82) is 0 Å². The van der Waals surface area contributed by atoms with Gasteiger partial charge in [0.15, 0.2) is 17.5 Å². The van der Waals surface area contributed by atoms with Crippen LogP contribution < -0.4 is 15.8 Å². The molecule has 0 unspecified atom stereocenters. The molecule has 0 amide bonds. The number of nitrogens with one attached hydrogen (secondary N) is 1. The SMILES string of the molecule is COc1cc(CCN=C(N)Nc2cccc3c2CCCC3)ccc1F.I. The van der Waals surface area contributed by atoms with Gasteiger partial charge in [-0.25, -0.2) is 4.39 Å². The molecule has 0 saturated carbocycles. The second-order valence-electron chi connectivity index (χ2n) is 6.26. The van der Waals surface area contributed by atoms with Crippen molar-refractivity contribution < 1.29 is 9.13 Å². The number of nitrogens with zero attached hydrogens (tertiary/aromatic N) is 1. The molecule has 3 rings (SSSR count). The second kappa shape index (κ2) is 9.75. The van der Waals surface area contributed by atoms with Crippen molar-refractivity contribution in [3.63, 3.8) is 0 Å². The van der Waals surface area contributed by atoms with Gasteiger partial charge in [-0.2, -0.15) is 0 Å². The van der Waals surface area contributed by atoms with E-state index < -0.39 is 0 Å². The quantitative estimate of drug-likeness (QED) is 0.390. The molecule has 1 aliphatic carbocycles. The summed E-state index contributed by atoms with van der Waals surface area (Å²) in [4.78, 5) is 4.39. The van der Waals surface area contributed by atoms with E-state index in [0.717, 1.165) is 24.1 Å². The average Bonchev–Trinajstić information content (AvgIpc) is 2.63. The van der Waals surface area contributed by atoms with Crippen molar-refractivity contribution in [1.82, 2.24) is 0 Å². The fourth-order valence-electron chi connectivity index (χ4n) is 3.24. The lowest BCUT2D eigenvalue weighted by Crippen LogP contribution is -2.24. The number of hydrogen-bond donors (Lipinski definition) is 2. The van der Waals surface area contributed by atoms with Crippen molar-refractivity contribution >= 4 is 35.6 Å². The molecule has 1 aliphatic rings. The maximum absolute atomic E-state index is 13.4. The fraction of sp³-hybridized carbons (Fsp3) is 0.350. The van der Waals surface area contributed by atoms with Crippen LogP contribution in [0.25, 0.3) is 0 Å². The second-order valence-corrected chi connectivity index (χ2v) is 6.26. The molecule has 4 nitrogen and oxygen atoms in total. The van der Waals surface area contributed by atoms with Gasteiger partial charge in [0.05, 0.1) is 7.11 Å². The van der Waals surface area contributed by atoms with Crippen LogP contribution in [0.5, 0.6) is 5.75 Å². The molecule has 0 aromatic heterocycles. The molecule has 0 spiro atoms. The summed E-state index contributed by atoms with van der Waals surface area (Å²) in [6.45, 7) is 0.530. The first-order valence-corrected chi connectivity index (χ1v) is 8.67. The zero-order chi connectivity index (χ0) is 17.6. The Morgan fingerprint density at radius 3 is 2.85 bits per heavy atom. The van der Waals surface area contributed by atoms with Crippen LogP contribution in [0.15, 0.2) is 41.4 Å². The number of nitrogens with two attached hydrogens (primary N) is 1. The van der Waals surface area contributed by atoms with Crippen LogP contribution in [-0.2, 0) is 19.3 Å². The summed E-state index contributed by atoms with van der Waals surface area (Å²) in [5.74, 6) is 0.307. The van der Waals surface area contributed by atoms with Crippen molar-refractivity contribution in [3.05, 3.63) is 58.9 Å². The Morgan fingerprint density at radius 1 is 1.23 bits per heavy atom. The maximum Gasteiger partial charge on any atom is 0.193 e. The van der Waals surface area contributed by atoms with Gasteiger partial charge in [-0.3, -0.25) is 4.99 Å². The number of halogens is 2. The largest absolute Gasteiger partial charge is 0.494 e. The van der Waals surface area contributed by atoms with Crippen LogP contribution in [0.3, 0.4) is 0 Å². The van der Waals surface area contributed by atoms with Crippen molar-refractivity contribution in [3.8, 4) is 5.75 Å². The van der Waals surface area contributed by atoms with Gasteiger partial charge in [0, 0.05) is 12.2 Å². The smallest absolute Gasteiger partial charge is 0.193 e. The Bertz CT molecular complexity index is 780. The van der Waals surface area contributed by atoms with E-state index >= 15 is 0 Å². The summed E-state index contributed by atoms with van der Waals surface area (Å²) < 4.78 is 18.4. The number of rotatable bonds is 5. The van der Waals surface area contributed by atoms with Crippen LogP contribution in [0.4, 0.5) is 10.1 Å². The van der Waals surface area contributed by atoms with E-state index in [9.17, 15) is 4.39 Å². The standard InChI is InChI=1S/C20H24FN3O.HI/c1-25-19-13-14(9-10-17(19)21)11-12-23-20(22)24-18-8-4-6-15-5-2-3-7-16(15)18;/h4,6,8-10,13H,2-3,5,7,11-12H2,1H3,(H3,22,23,24);1H. The summed E-state index contributed by atoms with van der Waals surface area (Å²) in [7, 11) is 1.46. The van der Waals surface area contributed by atoms with Gasteiger partial charge in [0.2, 0.25) is 0 Å². The highest BCUT2D eigenvalue weighted by Crippen LogP contribution is 2.27. The molecule has 0 atom stereocenters. The van der Waals surface area contributed by atoms with E-state index in [2.05, 4.69) is 28.5 Å². The van der Waals surface area contributed by atoms with E-state index in [1.807, 2.05) is 0 Å². The summed E-state index contributed by atoms with van der Waals surface area (Å²) in [6, 6.07) is 11.2. The van der Waals surface area contributed by atoms with Gasteiger partial charge >= 0.3 is 0 Å². The number of benzene rings is 2. The molecule has 0 fully saturated rings. The predicted molar refractivity (Wildman–Crippen MR) is 115 cm³/mol. The minimum absolute atomic E-state index is 0. The number of methoxy groups -OCH3 is 1. The predicted octanol–water partition coefficient (Wildman–Crippen LogP) is 4.30. The van der Waals surface area contributed by atoms with E-state index in [-0.39, 0.29) is 35.5 Å². The lowest BCUT2D eigenvalue weighted by molar-refractivity contribution is 0.386. The highest BCUT2D eigenvalue weighted by molar-refractivity contribution is 14.0. The number of hydrogen-bond acceptors (Lipinski definition) is 2. The fourth-order valence-corrected chi connectivity index (χ4v) is 3.24. The number of guanidine groups is 1. The van der Waals surface area contributed by atoms with E-state index in [0.29, 0.717) is 18.9 Å². The van der Waals surface area contributed by atoms with Crippen LogP contribution >= 0.6 is 24.0 Å². The highest BCUT2D eigenvalue weighted by atomic mass is 127. The van der Waals surface area contributed by atoms with Gasteiger partial charge in [0.1, 0.15) is 0 Å². The van der Waals surface area contributed by atoms with Crippen LogP contribution in [0, 0.1) is 5.82 Å². The maximum atomic E-state index is 13.4. The van der Waals surface area contributed by atoms with Gasteiger partial charge in [-0.05, 0) is 67.0 Å². The molecule has 6 heteroatoms. The molecular weight excluding hydrogens is 444 g/mol. The van der Waals surface area contributed by atoms with Crippen molar-refractivity contribution in [2.45, 2.75) is 32.1 Å². The molecule has 3 N–H and O–H groups in total. The molecule has 140 valence electrons. The molecule has 0 bridgehead atoms. The molecule has 0 aliphatic heterocycles. The van der Waals surface area contributed by atoms with Crippen LogP contribution in [0.1, 0.15) is 29.5 Å². The topological polar surface area (TPSA) is 59.6 Å². The van der Waals surface area contributed by atoms with Crippen molar-refractivity contribution in [2.75, 3.05) is 19.0 Å². The van der Waals surface area contributed by atoms with Gasteiger partial charge < -0.3 is 15.8 Å². The Hall–Kier alpha value is -1.83. The monoisotopic (exact) mass is 469 g/mol. The van der Waals surface area contributed by atoms with Crippen LogP contribution in [-0.4, -0.2) is 19.6 Å². The minimum atomic E-state index is -0.357. The van der Waals surface area contributed by atoms with Gasteiger partial charge in [-0.15, -0.1) is 24.0 Å². The third-order valence-corrected chi connectivity index (χ3v) is 4.56. The lowest BCUT2D eigenvalue weighted by Gasteiger charge is -2.19. The Labute approximate surface area is 171 Å². The Morgan fingerprint density at radius 2 is 2.04 bits per heavy atom. The number of aliphatic imine (C=N–C) groups is 1. The molecule has 0 radical (unpaired) electrons. The Kier molecular flexibility index (Phi) is 7.68. The van der Waals surface area contributed by atoms with Gasteiger partial charge in [-0.1, -0.05) is 18.2 Å².